The lowest BCUT2D eigenvalue weighted by Crippen LogP contribution is -2.28. The highest BCUT2D eigenvalue weighted by Gasteiger charge is 2.20. The van der Waals surface area contributed by atoms with Gasteiger partial charge in [-0.15, -0.1) is 0 Å². The molecule has 0 unspecified atom stereocenters. The maximum atomic E-state index is 5.60. The van der Waals surface area contributed by atoms with Crippen LogP contribution in [0.2, 0.25) is 0 Å². The first-order chi connectivity index (χ1) is 8.69. The summed E-state index contributed by atoms with van der Waals surface area (Å²) in [7, 11) is 0. The van der Waals surface area contributed by atoms with Crippen LogP contribution in [0.25, 0.3) is 0 Å². The molecule has 18 heavy (non-hydrogen) atoms. The van der Waals surface area contributed by atoms with E-state index in [0.29, 0.717) is 6.04 Å². The van der Waals surface area contributed by atoms with Crippen LogP contribution in [-0.2, 0) is 12.8 Å². The molecule has 0 bridgehead atoms. The van der Waals surface area contributed by atoms with Crippen molar-refractivity contribution in [3.63, 3.8) is 0 Å². The number of fused-ring (bicyclic) bond motifs is 1. The minimum atomic E-state index is 0.394. The zero-order chi connectivity index (χ0) is 13.0. The van der Waals surface area contributed by atoms with Gasteiger partial charge in [-0.2, -0.15) is 0 Å². The Morgan fingerprint density at radius 2 is 1.94 bits per heavy atom. The Morgan fingerprint density at radius 1 is 1.33 bits per heavy atom. The van der Waals surface area contributed by atoms with Gasteiger partial charge in [-0.25, -0.2) is 4.99 Å². The summed E-state index contributed by atoms with van der Waals surface area (Å²) in [6, 6.07) is 8.94. The molecular weight excluding hydrogens is 222 g/mol. The van der Waals surface area contributed by atoms with E-state index in [2.05, 4.69) is 41.3 Å². The summed E-state index contributed by atoms with van der Waals surface area (Å²) < 4.78 is 0. The zero-order valence-corrected chi connectivity index (χ0v) is 10.7. The van der Waals surface area contributed by atoms with Crippen molar-refractivity contribution < 1.29 is 0 Å². The summed E-state index contributed by atoms with van der Waals surface area (Å²) in [6.07, 6.45) is 5.77. The molecule has 0 fully saturated rings. The second-order valence-corrected chi connectivity index (χ2v) is 4.64. The van der Waals surface area contributed by atoms with Gasteiger partial charge in [0.2, 0.25) is 0 Å². The quantitative estimate of drug-likeness (QED) is 0.627. The van der Waals surface area contributed by atoms with Crippen LogP contribution in [0.5, 0.6) is 0 Å². The van der Waals surface area contributed by atoms with Crippen molar-refractivity contribution in [2.24, 2.45) is 10.7 Å². The van der Waals surface area contributed by atoms with Crippen LogP contribution in [0, 0.1) is 0 Å². The van der Waals surface area contributed by atoms with Crippen molar-refractivity contribution >= 4 is 6.72 Å². The molecule has 0 heterocycles. The van der Waals surface area contributed by atoms with Crippen LogP contribution in [-0.4, -0.2) is 12.8 Å². The fraction of sp³-hybridized carbons (Fsp3) is 0.267. The van der Waals surface area contributed by atoms with Gasteiger partial charge in [0, 0.05) is 11.7 Å². The summed E-state index contributed by atoms with van der Waals surface area (Å²) in [4.78, 5) is 3.99. The third-order valence-corrected chi connectivity index (χ3v) is 3.08. The van der Waals surface area contributed by atoms with Crippen molar-refractivity contribution in [3.05, 3.63) is 59.1 Å². The van der Waals surface area contributed by atoms with E-state index in [1.165, 1.54) is 11.1 Å². The van der Waals surface area contributed by atoms with Crippen LogP contribution in [0.15, 0.2) is 52.9 Å². The molecule has 0 atom stereocenters. The molecule has 3 nitrogen and oxygen atoms in total. The summed E-state index contributed by atoms with van der Waals surface area (Å²) in [5, 5.41) is 3.40. The highest BCUT2D eigenvalue weighted by molar-refractivity contribution is 5.35. The largest absolute Gasteiger partial charge is 0.402 e. The molecule has 3 heteroatoms. The smallest absolute Gasteiger partial charge is 0.125 e. The number of aliphatic imine (C=N–C) groups is 1. The fourth-order valence-electron chi connectivity index (χ4n) is 2.23. The van der Waals surface area contributed by atoms with Gasteiger partial charge in [-0.1, -0.05) is 24.3 Å². The molecule has 2 rings (SSSR count). The molecule has 0 aromatic heterocycles. The van der Waals surface area contributed by atoms with Gasteiger partial charge in [-0.3, -0.25) is 0 Å². The molecule has 1 aliphatic carbocycles. The number of nitrogens with zero attached hydrogens (tertiary/aromatic N) is 1. The zero-order valence-electron chi connectivity index (χ0n) is 10.7. The minimum absolute atomic E-state index is 0.394. The summed E-state index contributed by atoms with van der Waals surface area (Å²) >= 11 is 0. The molecule has 0 spiro atoms. The Balaban J connectivity index is 2.02. The molecule has 3 N–H and O–H groups in total. The maximum Gasteiger partial charge on any atom is 0.125 e. The van der Waals surface area contributed by atoms with Gasteiger partial charge in [0.1, 0.15) is 5.82 Å². The first kappa shape index (κ1) is 12.4. The van der Waals surface area contributed by atoms with E-state index in [0.717, 1.165) is 24.4 Å². The molecular formula is C15H19N3. The second-order valence-electron chi connectivity index (χ2n) is 4.64. The van der Waals surface area contributed by atoms with Crippen molar-refractivity contribution in [3.8, 4) is 0 Å². The monoisotopic (exact) mass is 241 g/mol. The Labute approximate surface area is 108 Å². The number of allylic oxidation sites excluding steroid dienone is 3. The van der Waals surface area contributed by atoms with Gasteiger partial charge >= 0.3 is 0 Å². The van der Waals surface area contributed by atoms with Gasteiger partial charge in [-0.05, 0) is 49.8 Å². The maximum absolute atomic E-state index is 5.60. The summed E-state index contributed by atoms with van der Waals surface area (Å²) in [5.41, 5.74) is 9.20. The second kappa shape index (κ2) is 5.54. The van der Waals surface area contributed by atoms with Gasteiger partial charge in [0.05, 0.1) is 0 Å². The number of hydrogen-bond acceptors (Lipinski definition) is 3. The molecule has 0 aliphatic heterocycles. The van der Waals surface area contributed by atoms with Crippen LogP contribution in [0.3, 0.4) is 0 Å². The average Bonchev–Trinajstić information content (AvgIpc) is 2.76. The lowest BCUT2D eigenvalue weighted by Gasteiger charge is -2.13. The topological polar surface area (TPSA) is 50.4 Å². The van der Waals surface area contributed by atoms with Crippen LogP contribution < -0.4 is 11.1 Å². The van der Waals surface area contributed by atoms with Crippen molar-refractivity contribution in [2.75, 3.05) is 0 Å². The van der Waals surface area contributed by atoms with Crippen molar-refractivity contribution in [2.45, 2.75) is 25.8 Å². The molecule has 1 aliphatic rings. The summed E-state index contributed by atoms with van der Waals surface area (Å²) in [6.45, 7) is 5.43. The number of nitrogens with two attached hydrogens (primary N) is 1. The highest BCUT2D eigenvalue weighted by atomic mass is 15.0. The molecule has 1 aromatic rings. The van der Waals surface area contributed by atoms with Crippen LogP contribution in [0.1, 0.15) is 18.1 Å². The predicted octanol–water partition coefficient (Wildman–Crippen LogP) is 2.15. The third-order valence-electron chi connectivity index (χ3n) is 3.08. The Hall–Kier alpha value is -2.03. The van der Waals surface area contributed by atoms with E-state index in [9.17, 15) is 0 Å². The Kier molecular flexibility index (Phi) is 3.82. The molecule has 0 saturated heterocycles. The average molecular weight is 241 g/mol. The van der Waals surface area contributed by atoms with E-state index in [1.807, 2.05) is 19.1 Å². The minimum Gasteiger partial charge on any atom is -0.402 e. The molecule has 0 saturated carbocycles. The van der Waals surface area contributed by atoms with Crippen LogP contribution >= 0.6 is 0 Å². The van der Waals surface area contributed by atoms with Crippen molar-refractivity contribution in [1.82, 2.24) is 5.32 Å². The predicted molar refractivity (Wildman–Crippen MR) is 76.4 cm³/mol. The van der Waals surface area contributed by atoms with Gasteiger partial charge < -0.3 is 11.1 Å². The standard InChI is InChI=1S/C15H19N3/c1-11(16)7-8-15(17-2)18-14-9-12-5-3-4-6-13(12)10-14/h3-8,14,18H,2,9-10,16H2,1H3/b11-7+,15-8+. The van der Waals surface area contributed by atoms with E-state index in [-0.39, 0.29) is 0 Å². The SMILES string of the molecule is C=N/C(=C\C=C(/C)N)NC1Cc2ccccc2C1. The Bertz CT molecular complexity index is 471. The summed E-state index contributed by atoms with van der Waals surface area (Å²) in [5.74, 6) is 0.776. The highest BCUT2D eigenvalue weighted by Crippen LogP contribution is 2.22. The lowest BCUT2D eigenvalue weighted by atomic mass is 10.1. The van der Waals surface area contributed by atoms with E-state index in [4.69, 9.17) is 5.73 Å². The molecule has 1 aromatic carbocycles. The number of nitrogens with one attached hydrogen (secondary N) is 1. The van der Waals surface area contributed by atoms with E-state index < -0.39 is 0 Å². The van der Waals surface area contributed by atoms with E-state index >= 15 is 0 Å². The number of benzene rings is 1. The fourth-order valence-corrected chi connectivity index (χ4v) is 2.23. The first-order valence-electron chi connectivity index (χ1n) is 6.13. The van der Waals surface area contributed by atoms with E-state index in [1.54, 1.807) is 0 Å². The normalized spacial score (nSPS) is 16.5. The van der Waals surface area contributed by atoms with Crippen LogP contribution in [0.4, 0.5) is 0 Å². The molecule has 0 amide bonds. The first-order valence-corrected chi connectivity index (χ1v) is 6.13. The van der Waals surface area contributed by atoms with Gasteiger partial charge in [0.15, 0.2) is 0 Å². The van der Waals surface area contributed by atoms with Crippen molar-refractivity contribution in [1.29, 1.82) is 0 Å². The Morgan fingerprint density at radius 3 is 2.44 bits per heavy atom. The molecule has 94 valence electrons. The number of hydrogen-bond donors (Lipinski definition) is 2. The van der Waals surface area contributed by atoms with Gasteiger partial charge in [0.25, 0.3) is 0 Å². The molecule has 0 radical (unpaired) electrons. The number of rotatable bonds is 4. The third kappa shape index (κ3) is 3.00. The lowest BCUT2D eigenvalue weighted by molar-refractivity contribution is 0.593.